The van der Waals surface area contributed by atoms with E-state index in [1.54, 1.807) is 17.0 Å². The summed E-state index contributed by atoms with van der Waals surface area (Å²) in [6.45, 7) is 5.12. The van der Waals surface area contributed by atoms with Crippen molar-refractivity contribution in [3.8, 4) is 5.75 Å². The molecule has 0 radical (unpaired) electrons. The van der Waals surface area contributed by atoms with Crippen molar-refractivity contribution in [1.29, 1.82) is 0 Å². The Kier molecular flexibility index (Phi) is 6.98. The predicted molar refractivity (Wildman–Crippen MR) is 113 cm³/mol. The average molecular weight is 446 g/mol. The van der Waals surface area contributed by atoms with Gasteiger partial charge in [-0.05, 0) is 37.6 Å². The largest absolute Gasteiger partial charge is 0.477 e. The zero-order valence-electron chi connectivity index (χ0n) is 17.6. The van der Waals surface area contributed by atoms with E-state index < -0.39 is 27.8 Å². The lowest BCUT2D eigenvalue weighted by molar-refractivity contribution is -0.394. The summed E-state index contributed by atoms with van der Waals surface area (Å²) in [6, 6.07) is 9.21. The van der Waals surface area contributed by atoms with Gasteiger partial charge in [-0.3, -0.25) is 29.9 Å². The first-order valence-corrected chi connectivity index (χ1v) is 9.99. The molecule has 3 rings (SSSR count). The van der Waals surface area contributed by atoms with Gasteiger partial charge in [0.1, 0.15) is 5.82 Å². The van der Waals surface area contributed by atoms with Crippen LogP contribution in [-0.2, 0) is 11.3 Å². The number of amides is 1. The van der Waals surface area contributed by atoms with Gasteiger partial charge in [0.2, 0.25) is 0 Å². The molecule has 1 amide bonds. The van der Waals surface area contributed by atoms with Gasteiger partial charge in [-0.25, -0.2) is 4.39 Å². The Balaban J connectivity index is 1.62. The molecule has 0 bridgehead atoms. The molecule has 1 heterocycles. The van der Waals surface area contributed by atoms with Crippen molar-refractivity contribution >= 4 is 17.3 Å². The van der Waals surface area contributed by atoms with E-state index in [4.69, 9.17) is 4.74 Å². The van der Waals surface area contributed by atoms with E-state index in [1.165, 1.54) is 12.1 Å². The first-order valence-electron chi connectivity index (χ1n) is 9.99. The third kappa shape index (κ3) is 5.35. The Morgan fingerprint density at radius 2 is 1.75 bits per heavy atom. The standard InChI is InChI=1S/C21H23FN4O6/c1-14-11-24(15(2)10-23(14)12-16-3-5-17(22)6-4-16)21(27)13-32-20-8-7-18(25(28)29)9-19(20)26(30)31/h3-9,14-15H,10-13H2,1-2H3/t14-,15+/m0/s1. The van der Waals surface area contributed by atoms with Crippen LogP contribution in [0.1, 0.15) is 19.4 Å². The Bertz CT molecular complexity index is 1020. The highest BCUT2D eigenvalue weighted by molar-refractivity contribution is 5.78. The number of piperazine rings is 1. The lowest BCUT2D eigenvalue weighted by Gasteiger charge is -2.44. The van der Waals surface area contributed by atoms with Crippen molar-refractivity contribution in [2.24, 2.45) is 0 Å². The Morgan fingerprint density at radius 3 is 2.38 bits per heavy atom. The minimum atomic E-state index is -0.786. The number of carbonyl (C=O) groups excluding carboxylic acids is 1. The van der Waals surface area contributed by atoms with Crippen molar-refractivity contribution < 1.29 is 23.8 Å². The van der Waals surface area contributed by atoms with E-state index in [0.29, 0.717) is 19.6 Å². The van der Waals surface area contributed by atoms with E-state index in [9.17, 15) is 29.4 Å². The number of nitro groups is 2. The van der Waals surface area contributed by atoms with Crippen LogP contribution in [0.5, 0.6) is 5.75 Å². The normalized spacial score (nSPS) is 18.9. The smallest absolute Gasteiger partial charge is 0.317 e. The molecule has 10 nitrogen and oxygen atoms in total. The monoisotopic (exact) mass is 446 g/mol. The van der Waals surface area contributed by atoms with Crippen molar-refractivity contribution in [2.45, 2.75) is 32.5 Å². The van der Waals surface area contributed by atoms with Gasteiger partial charge in [-0.15, -0.1) is 0 Å². The molecule has 2 aromatic carbocycles. The van der Waals surface area contributed by atoms with E-state index in [0.717, 1.165) is 23.8 Å². The lowest BCUT2D eigenvalue weighted by atomic mass is 10.1. The molecule has 0 aliphatic carbocycles. The summed E-state index contributed by atoms with van der Waals surface area (Å²) in [5, 5.41) is 22.1. The molecule has 0 unspecified atom stereocenters. The van der Waals surface area contributed by atoms with Crippen LogP contribution < -0.4 is 4.74 Å². The van der Waals surface area contributed by atoms with Crippen LogP contribution in [-0.4, -0.2) is 57.3 Å². The molecule has 11 heteroatoms. The Labute approximate surface area is 183 Å². The van der Waals surface area contributed by atoms with Crippen molar-refractivity contribution in [2.75, 3.05) is 19.7 Å². The van der Waals surface area contributed by atoms with Gasteiger partial charge in [0.05, 0.1) is 15.9 Å². The highest BCUT2D eigenvalue weighted by atomic mass is 19.1. The summed E-state index contributed by atoms with van der Waals surface area (Å²) in [6.07, 6.45) is 0. The van der Waals surface area contributed by atoms with Crippen molar-refractivity contribution in [3.63, 3.8) is 0 Å². The second-order valence-electron chi connectivity index (χ2n) is 7.75. The fourth-order valence-electron chi connectivity index (χ4n) is 3.70. The average Bonchev–Trinajstić information content (AvgIpc) is 2.75. The van der Waals surface area contributed by atoms with Gasteiger partial charge in [0, 0.05) is 37.8 Å². The summed E-state index contributed by atoms with van der Waals surface area (Å²) in [5.74, 6) is -0.832. The van der Waals surface area contributed by atoms with Gasteiger partial charge in [-0.2, -0.15) is 0 Å². The summed E-state index contributed by atoms with van der Waals surface area (Å²) in [4.78, 5) is 37.1. The molecule has 2 aromatic rings. The third-order valence-corrected chi connectivity index (χ3v) is 5.44. The second-order valence-corrected chi connectivity index (χ2v) is 7.75. The van der Waals surface area contributed by atoms with Crippen molar-refractivity contribution in [3.05, 3.63) is 74.1 Å². The Hall–Kier alpha value is -3.60. The van der Waals surface area contributed by atoms with E-state index in [2.05, 4.69) is 4.90 Å². The van der Waals surface area contributed by atoms with E-state index in [1.807, 2.05) is 13.8 Å². The zero-order chi connectivity index (χ0) is 23.4. The van der Waals surface area contributed by atoms with Gasteiger partial charge < -0.3 is 9.64 Å². The molecule has 0 spiro atoms. The fraction of sp³-hybridized carbons (Fsp3) is 0.381. The maximum Gasteiger partial charge on any atom is 0.317 e. The maximum absolute atomic E-state index is 13.1. The molecule has 0 saturated carbocycles. The number of hydrogen-bond donors (Lipinski definition) is 0. The zero-order valence-corrected chi connectivity index (χ0v) is 17.6. The van der Waals surface area contributed by atoms with Gasteiger partial charge in [0.15, 0.2) is 12.4 Å². The third-order valence-electron chi connectivity index (χ3n) is 5.44. The minimum absolute atomic E-state index is 0.0360. The quantitative estimate of drug-likeness (QED) is 0.473. The topological polar surface area (TPSA) is 119 Å². The number of halogens is 1. The van der Waals surface area contributed by atoms with Gasteiger partial charge >= 0.3 is 5.69 Å². The molecule has 1 fully saturated rings. The predicted octanol–water partition coefficient (Wildman–Crippen LogP) is 3.14. The highest BCUT2D eigenvalue weighted by Crippen LogP contribution is 2.31. The van der Waals surface area contributed by atoms with Gasteiger partial charge in [0.25, 0.3) is 11.6 Å². The molecule has 170 valence electrons. The van der Waals surface area contributed by atoms with Crippen LogP contribution in [0.2, 0.25) is 0 Å². The molecule has 1 aliphatic heterocycles. The Morgan fingerprint density at radius 1 is 1.06 bits per heavy atom. The molecule has 0 aromatic heterocycles. The summed E-state index contributed by atoms with van der Waals surface area (Å²) in [5.41, 5.74) is -0.0355. The van der Waals surface area contributed by atoms with Gasteiger partial charge in [-0.1, -0.05) is 12.1 Å². The molecule has 2 atom stereocenters. The van der Waals surface area contributed by atoms with Crippen LogP contribution >= 0.6 is 0 Å². The maximum atomic E-state index is 13.1. The fourth-order valence-corrected chi connectivity index (χ4v) is 3.70. The molecule has 1 aliphatic rings. The molecule has 32 heavy (non-hydrogen) atoms. The molecular formula is C21H23FN4O6. The number of benzene rings is 2. The molecule has 1 saturated heterocycles. The van der Waals surface area contributed by atoms with Crippen LogP contribution in [0.25, 0.3) is 0 Å². The summed E-state index contributed by atoms with van der Waals surface area (Å²) < 4.78 is 18.5. The van der Waals surface area contributed by atoms with E-state index >= 15 is 0 Å². The first kappa shape index (κ1) is 23.1. The van der Waals surface area contributed by atoms with E-state index in [-0.39, 0.29) is 29.6 Å². The molecular weight excluding hydrogens is 423 g/mol. The van der Waals surface area contributed by atoms with Crippen LogP contribution in [0, 0.1) is 26.0 Å². The number of nitro benzene ring substituents is 2. The van der Waals surface area contributed by atoms with Crippen LogP contribution in [0.3, 0.4) is 0 Å². The van der Waals surface area contributed by atoms with Crippen LogP contribution in [0.15, 0.2) is 42.5 Å². The number of nitrogens with zero attached hydrogens (tertiary/aromatic N) is 4. The number of ether oxygens (including phenoxy) is 1. The molecule has 0 N–H and O–H groups in total. The SMILES string of the molecule is C[C@@H]1CN(Cc2ccc(F)cc2)[C@@H](C)CN1C(=O)COc1ccc([N+](=O)[O-])cc1[N+](=O)[O-]. The van der Waals surface area contributed by atoms with Crippen LogP contribution in [0.4, 0.5) is 15.8 Å². The van der Waals surface area contributed by atoms with Crippen molar-refractivity contribution in [1.82, 2.24) is 9.80 Å². The number of non-ortho nitro benzene ring substituents is 1. The number of hydrogen-bond acceptors (Lipinski definition) is 7. The summed E-state index contributed by atoms with van der Waals surface area (Å²) >= 11 is 0. The number of rotatable bonds is 7. The first-order chi connectivity index (χ1) is 15.2. The second kappa shape index (κ2) is 9.69. The highest BCUT2D eigenvalue weighted by Gasteiger charge is 2.32. The summed E-state index contributed by atoms with van der Waals surface area (Å²) in [7, 11) is 0. The lowest BCUT2D eigenvalue weighted by Crippen LogP contribution is -2.58. The minimum Gasteiger partial charge on any atom is -0.477 e. The number of carbonyl (C=O) groups is 1.